The Morgan fingerprint density at radius 1 is 1.25 bits per heavy atom. The smallest absolute Gasteiger partial charge is 0.411 e. The van der Waals surface area contributed by atoms with Gasteiger partial charge in [-0.25, -0.2) is 9.59 Å². The van der Waals surface area contributed by atoms with Gasteiger partial charge in [0.1, 0.15) is 0 Å². The van der Waals surface area contributed by atoms with Crippen LogP contribution in [0.5, 0.6) is 0 Å². The van der Waals surface area contributed by atoms with Crippen LogP contribution in [-0.2, 0) is 6.54 Å². The van der Waals surface area contributed by atoms with Crippen LogP contribution < -0.4 is 0 Å². The summed E-state index contributed by atoms with van der Waals surface area (Å²) in [6.45, 7) is 0.251. The second kappa shape index (κ2) is 3.69. The first-order chi connectivity index (χ1) is 7.58. The number of carboxylic acid groups (broad SMARTS) is 2. The number of amides is 1. The average Bonchev–Trinajstić information content (AvgIpc) is 2.27. The van der Waals surface area contributed by atoms with E-state index < -0.39 is 12.1 Å². The molecule has 0 fully saturated rings. The van der Waals surface area contributed by atoms with Crippen LogP contribution in [0, 0.1) is 0 Å². The maximum Gasteiger partial charge on any atom is 0.411 e. The third-order valence-corrected chi connectivity index (χ3v) is 2.41. The van der Waals surface area contributed by atoms with Gasteiger partial charge in [0.2, 0.25) is 0 Å². The maximum absolute atomic E-state index is 10.7. The Hall–Kier alpha value is -2.30. The first-order valence-corrected chi connectivity index (χ1v) is 4.62. The zero-order chi connectivity index (χ0) is 11.7. The summed E-state index contributed by atoms with van der Waals surface area (Å²) in [5.41, 5.74) is 1.75. The van der Waals surface area contributed by atoms with Crippen molar-refractivity contribution in [3.63, 3.8) is 0 Å². The molecular formula is C11H9NO4. The highest BCUT2D eigenvalue weighted by Gasteiger charge is 2.16. The molecule has 0 saturated carbocycles. The Morgan fingerprint density at radius 2 is 2.00 bits per heavy atom. The Bertz CT molecular complexity index is 493. The fourth-order valence-electron chi connectivity index (χ4n) is 1.56. The molecule has 0 spiro atoms. The van der Waals surface area contributed by atoms with E-state index in [0.29, 0.717) is 0 Å². The Balaban J connectivity index is 2.36. The summed E-state index contributed by atoms with van der Waals surface area (Å²) in [6, 6.07) is 4.64. The van der Waals surface area contributed by atoms with Gasteiger partial charge in [-0.05, 0) is 29.3 Å². The van der Waals surface area contributed by atoms with Crippen molar-refractivity contribution >= 4 is 18.1 Å². The molecule has 1 heterocycles. The van der Waals surface area contributed by atoms with E-state index in [1.165, 1.54) is 18.3 Å². The van der Waals surface area contributed by atoms with Gasteiger partial charge in [-0.2, -0.15) is 0 Å². The lowest BCUT2D eigenvalue weighted by Crippen LogP contribution is -2.25. The van der Waals surface area contributed by atoms with Crippen molar-refractivity contribution in [2.45, 2.75) is 6.54 Å². The summed E-state index contributed by atoms with van der Waals surface area (Å²) < 4.78 is 0. The van der Waals surface area contributed by atoms with Gasteiger partial charge in [0.15, 0.2) is 0 Å². The van der Waals surface area contributed by atoms with Crippen LogP contribution >= 0.6 is 0 Å². The number of fused-ring (bicyclic) bond motifs is 1. The minimum absolute atomic E-state index is 0.201. The van der Waals surface area contributed by atoms with E-state index in [-0.39, 0.29) is 12.1 Å². The van der Waals surface area contributed by atoms with Gasteiger partial charge in [0, 0.05) is 6.20 Å². The van der Waals surface area contributed by atoms with Gasteiger partial charge < -0.3 is 10.2 Å². The molecule has 2 N–H and O–H groups in total. The van der Waals surface area contributed by atoms with E-state index in [4.69, 9.17) is 10.2 Å². The molecule has 0 radical (unpaired) electrons. The third kappa shape index (κ3) is 1.75. The molecule has 16 heavy (non-hydrogen) atoms. The predicted molar refractivity (Wildman–Crippen MR) is 56.0 cm³/mol. The lowest BCUT2D eigenvalue weighted by atomic mass is 10.0. The molecule has 0 aromatic heterocycles. The monoisotopic (exact) mass is 219 g/mol. The van der Waals surface area contributed by atoms with Gasteiger partial charge in [-0.15, -0.1) is 0 Å². The van der Waals surface area contributed by atoms with Crippen molar-refractivity contribution in [1.82, 2.24) is 4.90 Å². The molecule has 0 unspecified atom stereocenters. The molecule has 0 bridgehead atoms. The van der Waals surface area contributed by atoms with Crippen LogP contribution in [0.4, 0.5) is 4.79 Å². The number of nitrogens with zero attached hydrogens (tertiary/aromatic N) is 1. The molecule has 5 heteroatoms. The molecule has 0 atom stereocenters. The predicted octanol–water partition coefficient (Wildman–Crippen LogP) is 1.85. The second-order valence-corrected chi connectivity index (χ2v) is 3.44. The van der Waals surface area contributed by atoms with Crippen molar-refractivity contribution in [2.24, 2.45) is 0 Å². The Labute approximate surface area is 91.2 Å². The SMILES string of the molecule is O=C(O)c1ccc2c(c1)C=CN(C(=O)O)C2. The van der Waals surface area contributed by atoms with Gasteiger partial charge in [0.05, 0.1) is 12.1 Å². The first-order valence-electron chi connectivity index (χ1n) is 4.62. The topological polar surface area (TPSA) is 77.8 Å². The minimum Gasteiger partial charge on any atom is -0.478 e. The van der Waals surface area contributed by atoms with Crippen molar-refractivity contribution in [3.05, 3.63) is 41.1 Å². The van der Waals surface area contributed by atoms with Crippen LogP contribution in [0.2, 0.25) is 0 Å². The molecule has 1 aliphatic heterocycles. The van der Waals surface area contributed by atoms with Gasteiger partial charge in [-0.3, -0.25) is 4.90 Å². The number of aromatic carboxylic acids is 1. The van der Waals surface area contributed by atoms with Crippen molar-refractivity contribution < 1.29 is 19.8 Å². The Kier molecular flexibility index (Phi) is 2.36. The summed E-state index contributed by atoms with van der Waals surface area (Å²) in [5.74, 6) is -0.989. The summed E-state index contributed by atoms with van der Waals surface area (Å²) in [4.78, 5) is 22.6. The standard InChI is InChI=1S/C11H9NO4/c13-10(14)8-1-2-9-6-12(11(15)16)4-3-7(9)5-8/h1-5H,6H2,(H,13,14)(H,15,16). The van der Waals surface area contributed by atoms with Crippen LogP contribution in [0.15, 0.2) is 24.4 Å². The largest absolute Gasteiger partial charge is 0.478 e. The van der Waals surface area contributed by atoms with E-state index in [9.17, 15) is 9.59 Å². The van der Waals surface area contributed by atoms with Crippen LogP contribution in [0.3, 0.4) is 0 Å². The number of carboxylic acids is 1. The Morgan fingerprint density at radius 3 is 2.62 bits per heavy atom. The van der Waals surface area contributed by atoms with E-state index in [2.05, 4.69) is 0 Å². The lowest BCUT2D eigenvalue weighted by Gasteiger charge is -2.20. The van der Waals surface area contributed by atoms with Crippen LogP contribution in [0.25, 0.3) is 6.08 Å². The number of hydrogen-bond acceptors (Lipinski definition) is 2. The maximum atomic E-state index is 10.7. The van der Waals surface area contributed by atoms with Crippen molar-refractivity contribution in [3.8, 4) is 0 Å². The molecule has 1 aromatic carbocycles. The van der Waals surface area contributed by atoms with E-state index in [1.807, 2.05) is 0 Å². The molecule has 0 saturated heterocycles. The first kappa shape index (κ1) is 10.2. The summed E-state index contributed by atoms with van der Waals surface area (Å²) in [5, 5.41) is 17.6. The van der Waals surface area contributed by atoms with Crippen LogP contribution in [-0.4, -0.2) is 27.2 Å². The fraction of sp³-hybridized carbons (Fsp3) is 0.0909. The summed E-state index contributed by atoms with van der Waals surface area (Å²) in [6.07, 6.45) is 2.00. The molecular weight excluding hydrogens is 210 g/mol. The number of hydrogen-bond donors (Lipinski definition) is 2. The molecule has 2 rings (SSSR count). The van der Waals surface area contributed by atoms with Crippen LogP contribution in [0.1, 0.15) is 21.5 Å². The molecule has 82 valence electrons. The summed E-state index contributed by atoms with van der Waals surface area (Å²) >= 11 is 0. The van der Waals surface area contributed by atoms with Gasteiger partial charge in [-0.1, -0.05) is 6.07 Å². The minimum atomic E-state index is -1.02. The van der Waals surface area contributed by atoms with Gasteiger partial charge in [0.25, 0.3) is 0 Å². The van der Waals surface area contributed by atoms with E-state index >= 15 is 0 Å². The number of rotatable bonds is 1. The second-order valence-electron chi connectivity index (χ2n) is 3.44. The fourth-order valence-corrected chi connectivity index (χ4v) is 1.56. The quantitative estimate of drug-likeness (QED) is 0.755. The highest BCUT2D eigenvalue weighted by atomic mass is 16.4. The van der Waals surface area contributed by atoms with Crippen molar-refractivity contribution in [2.75, 3.05) is 0 Å². The summed E-state index contributed by atoms with van der Waals surface area (Å²) in [7, 11) is 0. The zero-order valence-electron chi connectivity index (χ0n) is 8.25. The number of benzene rings is 1. The zero-order valence-corrected chi connectivity index (χ0v) is 8.25. The highest BCUT2D eigenvalue weighted by molar-refractivity contribution is 5.88. The molecule has 0 aliphatic carbocycles. The molecule has 5 nitrogen and oxygen atoms in total. The number of carbonyl (C=O) groups is 2. The third-order valence-electron chi connectivity index (χ3n) is 2.41. The van der Waals surface area contributed by atoms with E-state index in [1.54, 1.807) is 12.1 Å². The highest BCUT2D eigenvalue weighted by Crippen LogP contribution is 2.21. The van der Waals surface area contributed by atoms with Gasteiger partial charge >= 0.3 is 12.1 Å². The van der Waals surface area contributed by atoms with E-state index in [0.717, 1.165) is 16.0 Å². The molecule has 1 amide bonds. The normalized spacial score (nSPS) is 13.4. The molecule has 1 aromatic rings. The average molecular weight is 219 g/mol. The lowest BCUT2D eigenvalue weighted by molar-refractivity contribution is 0.0696. The van der Waals surface area contributed by atoms with Crippen molar-refractivity contribution in [1.29, 1.82) is 0 Å². The molecule has 1 aliphatic rings.